The molecule has 0 aliphatic carbocycles. The minimum atomic E-state index is -0.129. The minimum absolute atomic E-state index is 0.129. The van der Waals surface area contributed by atoms with E-state index in [1.165, 1.54) is 16.7 Å². The van der Waals surface area contributed by atoms with Crippen molar-refractivity contribution in [1.82, 2.24) is 4.90 Å². The van der Waals surface area contributed by atoms with Gasteiger partial charge in [-0.05, 0) is 55.7 Å². The lowest BCUT2D eigenvalue weighted by atomic mass is 10.0. The van der Waals surface area contributed by atoms with E-state index in [1.54, 1.807) is 7.11 Å². The Bertz CT molecular complexity index is 755. The Morgan fingerprint density at radius 3 is 2.48 bits per heavy atom. The van der Waals surface area contributed by atoms with Gasteiger partial charge in [-0.25, -0.2) is 0 Å². The number of ether oxygens (including phenoxy) is 1. The summed E-state index contributed by atoms with van der Waals surface area (Å²) in [5, 5.41) is 0. The van der Waals surface area contributed by atoms with Crippen LogP contribution >= 0.6 is 0 Å². The third-order valence-electron chi connectivity index (χ3n) is 5.19. The predicted octanol–water partition coefficient (Wildman–Crippen LogP) is 3.55. The van der Waals surface area contributed by atoms with Crippen LogP contribution in [0.4, 0.5) is 5.69 Å². The van der Waals surface area contributed by atoms with E-state index in [-0.39, 0.29) is 11.9 Å². The van der Waals surface area contributed by atoms with Gasteiger partial charge in [0.15, 0.2) is 0 Å². The van der Waals surface area contributed by atoms with Crippen LogP contribution in [0.15, 0.2) is 42.5 Å². The van der Waals surface area contributed by atoms with E-state index >= 15 is 0 Å². The lowest BCUT2D eigenvalue weighted by Gasteiger charge is -2.39. The van der Waals surface area contributed by atoms with Gasteiger partial charge in [-0.2, -0.15) is 0 Å². The van der Waals surface area contributed by atoms with E-state index in [2.05, 4.69) is 36.9 Å². The van der Waals surface area contributed by atoms with Crippen LogP contribution in [0.25, 0.3) is 0 Å². The molecule has 1 atom stereocenters. The highest BCUT2D eigenvalue weighted by molar-refractivity contribution is 5.98. The topological polar surface area (TPSA) is 32.8 Å². The number of aryl methyl sites for hydroxylation is 1. The van der Waals surface area contributed by atoms with Gasteiger partial charge in [0.2, 0.25) is 5.91 Å². The van der Waals surface area contributed by atoms with Crippen molar-refractivity contribution in [1.29, 1.82) is 0 Å². The average Bonchev–Trinajstić information content (AvgIpc) is 2.63. The standard InChI is InChI=1S/C21H26N2O2/c1-15-6-5-7-20(16(15)2)23-13-12-22(17(3)21(23)24)14-18-8-10-19(25-4)11-9-18/h5-11,17H,12-14H2,1-4H3. The summed E-state index contributed by atoms with van der Waals surface area (Å²) in [6, 6.07) is 14.1. The second-order valence-electron chi connectivity index (χ2n) is 6.70. The summed E-state index contributed by atoms with van der Waals surface area (Å²) >= 11 is 0. The molecule has 1 heterocycles. The van der Waals surface area contributed by atoms with Crippen LogP contribution in [-0.4, -0.2) is 37.0 Å². The van der Waals surface area contributed by atoms with Crippen LogP contribution in [0.2, 0.25) is 0 Å². The smallest absolute Gasteiger partial charge is 0.244 e. The van der Waals surface area contributed by atoms with Gasteiger partial charge in [0.05, 0.1) is 13.2 Å². The zero-order valence-electron chi connectivity index (χ0n) is 15.5. The molecule has 0 radical (unpaired) electrons. The Hall–Kier alpha value is -2.33. The van der Waals surface area contributed by atoms with Crippen molar-refractivity contribution in [3.63, 3.8) is 0 Å². The normalized spacial score (nSPS) is 18.5. The van der Waals surface area contributed by atoms with E-state index in [0.29, 0.717) is 0 Å². The Morgan fingerprint density at radius 1 is 1.08 bits per heavy atom. The fraction of sp³-hybridized carbons (Fsp3) is 0.381. The Labute approximate surface area is 150 Å². The molecule has 132 valence electrons. The highest BCUT2D eigenvalue weighted by Crippen LogP contribution is 2.27. The lowest BCUT2D eigenvalue weighted by Crippen LogP contribution is -2.55. The molecule has 4 heteroatoms. The Morgan fingerprint density at radius 2 is 1.80 bits per heavy atom. The van der Waals surface area contributed by atoms with Gasteiger partial charge in [0.25, 0.3) is 0 Å². The zero-order chi connectivity index (χ0) is 18.0. The van der Waals surface area contributed by atoms with Gasteiger partial charge in [-0.3, -0.25) is 9.69 Å². The number of rotatable bonds is 4. The van der Waals surface area contributed by atoms with Crippen molar-refractivity contribution in [2.45, 2.75) is 33.4 Å². The van der Waals surface area contributed by atoms with Crippen molar-refractivity contribution in [2.24, 2.45) is 0 Å². The van der Waals surface area contributed by atoms with Gasteiger partial charge in [0.1, 0.15) is 5.75 Å². The third-order valence-corrected chi connectivity index (χ3v) is 5.19. The second kappa shape index (κ2) is 7.28. The number of carbonyl (C=O) groups excluding carboxylic acids is 1. The van der Waals surface area contributed by atoms with Gasteiger partial charge in [-0.1, -0.05) is 24.3 Å². The van der Waals surface area contributed by atoms with E-state index in [9.17, 15) is 4.79 Å². The molecule has 2 aromatic carbocycles. The maximum absolute atomic E-state index is 13.0. The number of benzene rings is 2. The first-order valence-electron chi connectivity index (χ1n) is 8.76. The summed E-state index contributed by atoms with van der Waals surface area (Å²) in [5.41, 5.74) is 4.65. The first-order valence-corrected chi connectivity index (χ1v) is 8.76. The largest absolute Gasteiger partial charge is 0.497 e. The summed E-state index contributed by atoms with van der Waals surface area (Å²) in [5.74, 6) is 1.03. The van der Waals surface area contributed by atoms with Crippen molar-refractivity contribution in [3.8, 4) is 5.75 Å². The summed E-state index contributed by atoms with van der Waals surface area (Å²) in [6.45, 7) is 8.55. The fourth-order valence-corrected chi connectivity index (χ4v) is 3.36. The zero-order valence-corrected chi connectivity index (χ0v) is 15.5. The summed E-state index contributed by atoms with van der Waals surface area (Å²) in [7, 11) is 1.67. The summed E-state index contributed by atoms with van der Waals surface area (Å²) < 4.78 is 5.21. The molecule has 0 N–H and O–H groups in total. The molecule has 0 saturated carbocycles. The molecular weight excluding hydrogens is 312 g/mol. The molecular formula is C21H26N2O2. The van der Waals surface area contributed by atoms with Crippen LogP contribution in [0.5, 0.6) is 5.75 Å². The third kappa shape index (κ3) is 3.54. The van der Waals surface area contributed by atoms with E-state index in [0.717, 1.165) is 31.1 Å². The van der Waals surface area contributed by atoms with Crippen molar-refractivity contribution in [2.75, 3.05) is 25.1 Å². The van der Waals surface area contributed by atoms with Gasteiger partial charge < -0.3 is 9.64 Å². The van der Waals surface area contributed by atoms with E-state index in [1.807, 2.05) is 36.1 Å². The lowest BCUT2D eigenvalue weighted by molar-refractivity contribution is -0.125. The van der Waals surface area contributed by atoms with Crippen LogP contribution in [0, 0.1) is 13.8 Å². The van der Waals surface area contributed by atoms with E-state index < -0.39 is 0 Å². The minimum Gasteiger partial charge on any atom is -0.497 e. The van der Waals surface area contributed by atoms with Crippen molar-refractivity contribution >= 4 is 11.6 Å². The second-order valence-corrected chi connectivity index (χ2v) is 6.70. The number of amides is 1. The number of methoxy groups -OCH3 is 1. The monoisotopic (exact) mass is 338 g/mol. The van der Waals surface area contributed by atoms with Crippen molar-refractivity contribution < 1.29 is 9.53 Å². The molecule has 1 fully saturated rings. The fourth-order valence-electron chi connectivity index (χ4n) is 3.36. The average molecular weight is 338 g/mol. The number of anilines is 1. The van der Waals surface area contributed by atoms with E-state index in [4.69, 9.17) is 4.74 Å². The first-order chi connectivity index (χ1) is 12.0. The molecule has 1 unspecified atom stereocenters. The Balaban J connectivity index is 1.73. The van der Waals surface area contributed by atoms with Crippen LogP contribution in [0.3, 0.4) is 0 Å². The van der Waals surface area contributed by atoms with Crippen molar-refractivity contribution in [3.05, 3.63) is 59.2 Å². The first kappa shape index (κ1) is 17.5. The highest BCUT2D eigenvalue weighted by atomic mass is 16.5. The molecule has 1 aliphatic heterocycles. The van der Waals surface area contributed by atoms with Crippen LogP contribution in [0.1, 0.15) is 23.6 Å². The summed E-state index contributed by atoms with van der Waals surface area (Å²) in [4.78, 5) is 17.1. The molecule has 3 rings (SSSR count). The molecule has 0 spiro atoms. The number of nitrogens with zero attached hydrogens (tertiary/aromatic N) is 2. The number of carbonyl (C=O) groups is 1. The molecule has 25 heavy (non-hydrogen) atoms. The highest BCUT2D eigenvalue weighted by Gasteiger charge is 2.32. The SMILES string of the molecule is COc1ccc(CN2CCN(c3cccc(C)c3C)C(=O)C2C)cc1. The number of hydrogen-bond donors (Lipinski definition) is 0. The number of piperazine rings is 1. The molecule has 2 aromatic rings. The van der Waals surface area contributed by atoms with Gasteiger partial charge in [-0.15, -0.1) is 0 Å². The maximum Gasteiger partial charge on any atom is 0.244 e. The van der Waals surface area contributed by atoms with Crippen LogP contribution < -0.4 is 9.64 Å². The molecule has 0 aromatic heterocycles. The number of hydrogen-bond acceptors (Lipinski definition) is 3. The molecule has 4 nitrogen and oxygen atoms in total. The predicted molar refractivity (Wildman–Crippen MR) is 101 cm³/mol. The molecule has 1 aliphatic rings. The maximum atomic E-state index is 13.0. The molecule has 0 bridgehead atoms. The quantitative estimate of drug-likeness (QED) is 0.855. The Kier molecular flexibility index (Phi) is 5.09. The van der Waals surface area contributed by atoms with Gasteiger partial charge in [0, 0.05) is 25.3 Å². The molecule has 1 amide bonds. The van der Waals surface area contributed by atoms with Crippen LogP contribution in [-0.2, 0) is 11.3 Å². The summed E-state index contributed by atoms with van der Waals surface area (Å²) in [6.07, 6.45) is 0. The van der Waals surface area contributed by atoms with Gasteiger partial charge >= 0.3 is 0 Å². The molecule has 1 saturated heterocycles.